The number of nitrogens with one attached hydrogen (secondary N) is 1. The van der Waals surface area contributed by atoms with Crippen LogP contribution in [0.2, 0.25) is 5.02 Å². The van der Waals surface area contributed by atoms with E-state index < -0.39 is 0 Å². The van der Waals surface area contributed by atoms with E-state index in [1.807, 2.05) is 43.5 Å². The SMILES string of the molecule is CCOCCCN(CC(=O)N(Cc1ccc2c(c1)OCO2)Cc1sccc1C)C(=O)Nc1cccc(Cl)c1. The molecule has 3 aromatic rings. The van der Waals surface area contributed by atoms with Crippen LogP contribution in [0.25, 0.3) is 0 Å². The van der Waals surface area contributed by atoms with Gasteiger partial charge >= 0.3 is 6.03 Å². The van der Waals surface area contributed by atoms with Crippen molar-refractivity contribution in [3.63, 3.8) is 0 Å². The van der Waals surface area contributed by atoms with Gasteiger partial charge < -0.3 is 29.3 Å². The van der Waals surface area contributed by atoms with Crippen LogP contribution in [-0.2, 0) is 22.6 Å². The van der Waals surface area contributed by atoms with E-state index in [1.54, 1.807) is 40.5 Å². The van der Waals surface area contributed by atoms with E-state index in [1.165, 1.54) is 4.90 Å². The molecule has 38 heavy (non-hydrogen) atoms. The van der Waals surface area contributed by atoms with Gasteiger partial charge in [-0.15, -0.1) is 11.3 Å². The fraction of sp³-hybridized carbons (Fsp3) is 0.357. The number of anilines is 1. The number of amides is 3. The minimum atomic E-state index is -0.368. The molecule has 202 valence electrons. The molecule has 3 amide bonds. The van der Waals surface area contributed by atoms with E-state index in [0.29, 0.717) is 61.5 Å². The van der Waals surface area contributed by atoms with Crippen LogP contribution in [0, 0.1) is 6.92 Å². The molecular weight excluding hydrogens is 526 g/mol. The molecular formula is C28H32ClN3O5S. The van der Waals surface area contributed by atoms with Gasteiger partial charge in [0.25, 0.3) is 0 Å². The lowest BCUT2D eigenvalue weighted by atomic mass is 10.1. The van der Waals surface area contributed by atoms with Crippen molar-refractivity contribution in [2.24, 2.45) is 0 Å². The van der Waals surface area contributed by atoms with Gasteiger partial charge in [0, 0.05) is 41.9 Å². The molecule has 0 fully saturated rings. The van der Waals surface area contributed by atoms with Crippen molar-refractivity contribution in [2.45, 2.75) is 33.4 Å². The first kappa shape index (κ1) is 27.8. The summed E-state index contributed by atoms with van der Waals surface area (Å²) >= 11 is 7.70. The number of fused-ring (bicyclic) bond motifs is 1. The largest absolute Gasteiger partial charge is 0.454 e. The molecule has 0 saturated carbocycles. The van der Waals surface area contributed by atoms with Crippen LogP contribution < -0.4 is 14.8 Å². The Morgan fingerprint density at radius 3 is 2.68 bits per heavy atom. The quantitative estimate of drug-likeness (QED) is 0.279. The fourth-order valence-electron chi connectivity index (χ4n) is 4.02. The van der Waals surface area contributed by atoms with E-state index in [4.69, 9.17) is 25.8 Å². The summed E-state index contributed by atoms with van der Waals surface area (Å²) in [6, 6.07) is 14.3. The van der Waals surface area contributed by atoms with Crippen LogP contribution >= 0.6 is 22.9 Å². The third-order valence-corrected chi connectivity index (χ3v) is 7.32. The molecule has 1 aliphatic heterocycles. The normalized spacial score (nSPS) is 11.9. The third-order valence-electron chi connectivity index (χ3n) is 6.08. The highest BCUT2D eigenvalue weighted by molar-refractivity contribution is 7.10. The summed E-state index contributed by atoms with van der Waals surface area (Å²) in [5.74, 6) is 1.20. The molecule has 0 saturated heterocycles. The number of benzene rings is 2. The number of halogens is 1. The zero-order valence-electron chi connectivity index (χ0n) is 21.6. The van der Waals surface area contributed by atoms with Crippen LogP contribution in [0.4, 0.5) is 10.5 Å². The minimum absolute atomic E-state index is 0.0759. The molecule has 0 atom stereocenters. The van der Waals surface area contributed by atoms with Gasteiger partial charge in [-0.3, -0.25) is 4.79 Å². The zero-order chi connectivity index (χ0) is 26.9. The number of nitrogens with zero attached hydrogens (tertiary/aromatic N) is 2. The van der Waals surface area contributed by atoms with E-state index in [2.05, 4.69) is 5.32 Å². The average Bonchev–Trinajstić information content (AvgIpc) is 3.53. The number of urea groups is 1. The van der Waals surface area contributed by atoms with Crippen LogP contribution in [0.3, 0.4) is 0 Å². The molecule has 0 unspecified atom stereocenters. The van der Waals surface area contributed by atoms with Crippen LogP contribution in [0.1, 0.15) is 29.3 Å². The summed E-state index contributed by atoms with van der Waals surface area (Å²) in [6.07, 6.45) is 0.607. The number of ether oxygens (including phenoxy) is 3. The van der Waals surface area contributed by atoms with E-state index in [-0.39, 0.29) is 25.3 Å². The van der Waals surface area contributed by atoms with Crippen LogP contribution in [-0.4, -0.2) is 54.8 Å². The van der Waals surface area contributed by atoms with E-state index >= 15 is 0 Å². The lowest BCUT2D eigenvalue weighted by molar-refractivity contribution is -0.133. The maximum absolute atomic E-state index is 13.7. The molecule has 0 spiro atoms. The maximum atomic E-state index is 13.7. The maximum Gasteiger partial charge on any atom is 0.322 e. The van der Waals surface area contributed by atoms with Crippen molar-refractivity contribution in [3.05, 3.63) is 74.9 Å². The Kier molecular flexibility index (Phi) is 9.86. The standard InChI is InChI=1S/C28H32ClN3O5S/c1-3-35-12-5-11-31(28(34)30-23-7-4-6-22(29)15-23)18-27(33)32(17-26-20(2)10-13-38-26)16-21-8-9-24-25(14-21)37-19-36-24/h4,6-10,13-15H,3,5,11-12,16-19H2,1-2H3,(H,30,34). The van der Waals surface area contributed by atoms with Gasteiger partial charge in [-0.1, -0.05) is 23.7 Å². The van der Waals surface area contributed by atoms with Crippen molar-refractivity contribution in [2.75, 3.05) is 38.4 Å². The van der Waals surface area contributed by atoms with Gasteiger partial charge in [0.05, 0.1) is 6.54 Å². The molecule has 1 N–H and O–H groups in total. The average molecular weight is 558 g/mol. The smallest absolute Gasteiger partial charge is 0.322 e. The number of thiophene rings is 1. The van der Waals surface area contributed by atoms with Gasteiger partial charge in [-0.25, -0.2) is 4.79 Å². The Morgan fingerprint density at radius 1 is 1.08 bits per heavy atom. The highest BCUT2D eigenvalue weighted by atomic mass is 35.5. The van der Waals surface area contributed by atoms with Gasteiger partial charge in [-0.2, -0.15) is 0 Å². The summed E-state index contributed by atoms with van der Waals surface area (Å²) in [5, 5.41) is 5.40. The van der Waals surface area contributed by atoms with Crippen molar-refractivity contribution < 1.29 is 23.8 Å². The molecule has 8 nitrogen and oxygen atoms in total. The summed E-state index contributed by atoms with van der Waals surface area (Å²) in [7, 11) is 0. The van der Waals surface area contributed by atoms with Crippen molar-refractivity contribution in [1.82, 2.24) is 9.80 Å². The van der Waals surface area contributed by atoms with Crippen LogP contribution in [0.15, 0.2) is 53.9 Å². The Bertz CT molecular complexity index is 1250. The highest BCUT2D eigenvalue weighted by Gasteiger charge is 2.24. The zero-order valence-corrected chi connectivity index (χ0v) is 23.1. The monoisotopic (exact) mass is 557 g/mol. The third kappa shape index (κ3) is 7.63. The Balaban J connectivity index is 1.51. The second-order valence-corrected chi connectivity index (χ2v) is 10.3. The Labute approximate surface area is 232 Å². The predicted octanol–water partition coefficient (Wildman–Crippen LogP) is 5.93. The minimum Gasteiger partial charge on any atom is -0.454 e. The number of carbonyl (C=O) groups excluding carboxylic acids is 2. The summed E-state index contributed by atoms with van der Waals surface area (Å²) in [6.45, 7) is 6.35. The molecule has 4 rings (SSSR count). The number of aryl methyl sites for hydroxylation is 1. The van der Waals surface area contributed by atoms with Gasteiger partial charge in [0.2, 0.25) is 12.7 Å². The van der Waals surface area contributed by atoms with Crippen molar-refractivity contribution in [3.8, 4) is 11.5 Å². The topological polar surface area (TPSA) is 80.3 Å². The molecule has 0 radical (unpaired) electrons. The predicted molar refractivity (Wildman–Crippen MR) is 149 cm³/mol. The summed E-state index contributed by atoms with van der Waals surface area (Å²) < 4.78 is 16.4. The van der Waals surface area contributed by atoms with Gasteiger partial charge in [0.15, 0.2) is 11.5 Å². The molecule has 1 aliphatic rings. The molecule has 2 heterocycles. The number of hydrogen-bond acceptors (Lipinski definition) is 6. The van der Waals surface area contributed by atoms with Crippen molar-refractivity contribution in [1.29, 1.82) is 0 Å². The van der Waals surface area contributed by atoms with E-state index in [0.717, 1.165) is 16.0 Å². The second-order valence-electron chi connectivity index (χ2n) is 8.88. The second kappa shape index (κ2) is 13.5. The first-order valence-electron chi connectivity index (χ1n) is 12.5. The lowest BCUT2D eigenvalue weighted by Gasteiger charge is -2.28. The van der Waals surface area contributed by atoms with E-state index in [9.17, 15) is 9.59 Å². The van der Waals surface area contributed by atoms with Crippen LogP contribution in [0.5, 0.6) is 11.5 Å². The summed E-state index contributed by atoms with van der Waals surface area (Å²) in [4.78, 5) is 31.4. The molecule has 10 heteroatoms. The summed E-state index contributed by atoms with van der Waals surface area (Å²) in [5.41, 5.74) is 2.62. The fourth-order valence-corrected chi connectivity index (χ4v) is 5.13. The van der Waals surface area contributed by atoms with Crippen molar-refractivity contribution >= 4 is 40.6 Å². The first-order valence-corrected chi connectivity index (χ1v) is 13.8. The molecule has 2 aromatic carbocycles. The number of hydrogen-bond donors (Lipinski definition) is 1. The Morgan fingerprint density at radius 2 is 1.92 bits per heavy atom. The highest BCUT2D eigenvalue weighted by Crippen LogP contribution is 2.33. The van der Waals surface area contributed by atoms with Gasteiger partial charge in [-0.05, 0) is 73.2 Å². The molecule has 0 aliphatic carbocycles. The molecule has 0 bridgehead atoms. The Hall–Kier alpha value is -3.27. The first-order chi connectivity index (χ1) is 18.4. The number of rotatable bonds is 12. The van der Waals surface area contributed by atoms with Gasteiger partial charge in [0.1, 0.15) is 6.54 Å². The molecule has 1 aromatic heterocycles. The number of carbonyl (C=O) groups is 2. The lowest BCUT2D eigenvalue weighted by Crippen LogP contribution is -2.44.